The van der Waals surface area contributed by atoms with Crippen molar-refractivity contribution in [3.8, 4) is 0 Å². The van der Waals surface area contributed by atoms with Gasteiger partial charge in [-0.15, -0.1) is 11.8 Å². The molecule has 2 fully saturated rings. The number of carbonyl (C=O) groups excluding carboxylic acids is 2. The number of fused-ring (bicyclic) bond motifs is 1. The van der Waals surface area contributed by atoms with Crippen LogP contribution in [0.25, 0.3) is 0 Å². The van der Waals surface area contributed by atoms with Gasteiger partial charge in [0.15, 0.2) is 0 Å². The molecule has 8 heteroatoms. The maximum atomic E-state index is 12.3. The van der Waals surface area contributed by atoms with E-state index in [9.17, 15) is 19.5 Å². The SMILES string of the molecule is CC(=O)[C@H]1C(=O)N2C(C(=O)O)=C(S[C@@H]3CN[C@H](CC(C)N)C3)[C@H](C)[C@H]12. The van der Waals surface area contributed by atoms with Crippen LogP contribution in [0.4, 0.5) is 0 Å². The minimum absolute atomic E-state index is 0.0700. The fourth-order valence-corrected chi connectivity index (χ4v) is 5.76. The summed E-state index contributed by atoms with van der Waals surface area (Å²) in [5.41, 5.74) is 5.93. The van der Waals surface area contributed by atoms with Gasteiger partial charge in [0.25, 0.3) is 0 Å². The molecular weight excluding hydrogens is 342 g/mol. The zero-order chi connectivity index (χ0) is 18.5. The van der Waals surface area contributed by atoms with Crippen molar-refractivity contribution in [2.45, 2.75) is 57.0 Å². The van der Waals surface area contributed by atoms with Crippen molar-refractivity contribution in [3.63, 3.8) is 0 Å². The van der Waals surface area contributed by atoms with Crippen LogP contribution in [0.2, 0.25) is 0 Å². The number of rotatable bonds is 6. The molecular formula is C17H25N3O4S. The number of aliphatic carboxylic acids is 1. The van der Waals surface area contributed by atoms with Crippen molar-refractivity contribution in [2.24, 2.45) is 17.6 Å². The fourth-order valence-electron chi connectivity index (χ4n) is 4.24. The topological polar surface area (TPSA) is 113 Å². The van der Waals surface area contributed by atoms with Gasteiger partial charge in [-0.2, -0.15) is 0 Å². The number of carboxylic acid groups (broad SMARTS) is 1. The van der Waals surface area contributed by atoms with E-state index < -0.39 is 11.9 Å². The van der Waals surface area contributed by atoms with Gasteiger partial charge in [-0.1, -0.05) is 6.92 Å². The number of hydrogen-bond acceptors (Lipinski definition) is 6. The van der Waals surface area contributed by atoms with Crippen molar-refractivity contribution < 1.29 is 19.5 Å². The maximum absolute atomic E-state index is 12.3. The highest BCUT2D eigenvalue weighted by Crippen LogP contribution is 2.51. The van der Waals surface area contributed by atoms with Gasteiger partial charge in [0.2, 0.25) is 5.91 Å². The minimum atomic E-state index is -1.09. The molecule has 0 spiro atoms. The fraction of sp³-hybridized carbons (Fsp3) is 0.706. The molecule has 1 amide bonds. The molecule has 1 unspecified atom stereocenters. The van der Waals surface area contributed by atoms with Crippen LogP contribution in [0.3, 0.4) is 0 Å². The zero-order valence-electron chi connectivity index (χ0n) is 14.7. The number of nitrogens with one attached hydrogen (secondary N) is 1. The predicted octanol–water partition coefficient (Wildman–Crippen LogP) is 0.549. The Morgan fingerprint density at radius 3 is 2.72 bits per heavy atom. The second kappa shape index (κ2) is 6.74. The molecule has 25 heavy (non-hydrogen) atoms. The van der Waals surface area contributed by atoms with Crippen LogP contribution in [0, 0.1) is 11.8 Å². The van der Waals surface area contributed by atoms with Crippen LogP contribution in [-0.4, -0.2) is 57.6 Å². The molecule has 0 bridgehead atoms. The van der Waals surface area contributed by atoms with E-state index in [1.54, 1.807) is 11.8 Å². The minimum Gasteiger partial charge on any atom is -0.477 e. The van der Waals surface area contributed by atoms with Crippen LogP contribution in [-0.2, 0) is 14.4 Å². The Hall–Kier alpha value is -1.38. The van der Waals surface area contributed by atoms with Crippen molar-refractivity contribution in [1.82, 2.24) is 10.2 Å². The molecule has 3 rings (SSSR count). The zero-order valence-corrected chi connectivity index (χ0v) is 15.5. The van der Waals surface area contributed by atoms with Crippen molar-refractivity contribution in [3.05, 3.63) is 10.6 Å². The first-order chi connectivity index (χ1) is 11.7. The maximum Gasteiger partial charge on any atom is 0.353 e. The van der Waals surface area contributed by atoms with Crippen LogP contribution in [0.5, 0.6) is 0 Å². The average molecular weight is 367 g/mol. The van der Waals surface area contributed by atoms with Crippen LogP contribution in [0.15, 0.2) is 10.6 Å². The van der Waals surface area contributed by atoms with E-state index in [4.69, 9.17) is 5.73 Å². The second-order valence-electron chi connectivity index (χ2n) is 7.39. The van der Waals surface area contributed by atoms with Crippen molar-refractivity contribution >= 4 is 29.4 Å². The quantitative estimate of drug-likeness (QED) is 0.464. The lowest BCUT2D eigenvalue weighted by Gasteiger charge is -2.43. The van der Waals surface area contributed by atoms with E-state index in [0.717, 1.165) is 24.3 Å². The van der Waals surface area contributed by atoms with E-state index in [1.807, 2.05) is 13.8 Å². The predicted molar refractivity (Wildman–Crippen MR) is 94.7 cm³/mol. The number of thioether (sulfide) groups is 1. The lowest BCUT2D eigenvalue weighted by atomic mass is 9.80. The van der Waals surface area contributed by atoms with Gasteiger partial charge < -0.3 is 16.2 Å². The lowest BCUT2D eigenvalue weighted by molar-refractivity contribution is -0.160. The van der Waals surface area contributed by atoms with Gasteiger partial charge >= 0.3 is 5.97 Å². The molecule has 0 aromatic rings. The van der Waals surface area contributed by atoms with Gasteiger partial charge in [0.05, 0.1) is 6.04 Å². The molecule has 0 saturated carbocycles. The second-order valence-corrected chi connectivity index (χ2v) is 8.73. The molecule has 0 aliphatic carbocycles. The Bertz CT molecular complexity index is 648. The van der Waals surface area contributed by atoms with Crippen LogP contribution >= 0.6 is 11.8 Å². The first-order valence-corrected chi connectivity index (χ1v) is 9.57. The third-order valence-electron chi connectivity index (χ3n) is 5.32. The Morgan fingerprint density at radius 2 is 2.16 bits per heavy atom. The summed E-state index contributed by atoms with van der Waals surface area (Å²) >= 11 is 1.54. The number of β-lactam (4-membered cyclic amide) rings is 1. The number of carboxylic acids is 1. The number of Topliss-reactive ketones (excluding diaryl/α,β-unsaturated/α-hetero) is 1. The highest BCUT2D eigenvalue weighted by molar-refractivity contribution is 8.03. The summed E-state index contributed by atoms with van der Waals surface area (Å²) in [6, 6.07) is 0.121. The standard InChI is InChI=1S/C17H25N3O4S/c1-7(18)4-10-5-11(6-19-10)25-15-8(2)13-12(9(3)21)16(22)20(13)14(15)17(23)24/h7-8,10-13,19H,4-6,18H2,1-3H3,(H,23,24)/t7?,8-,10-,11+,12-,13-/m1/s1. The highest BCUT2D eigenvalue weighted by Gasteiger charge is 2.60. The van der Waals surface area contributed by atoms with Gasteiger partial charge in [0.1, 0.15) is 17.4 Å². The van der Waals surface area contributed by atoms with Gasteiger partial charge in [0, 0.05) is 34.7 Å². The van der Waals surface area contributed by atoms with Gasteiger partial charge in [-0.3, -0.25) is 14.5 Å². The van der Waals surface area contributed by atoms with E-state index in [0.29, 0.717) is 6.04 Å². The first kappa shape index (κ1) is 18.4. The monoisotopic (exact) mass is 367 g/mol. The molecule has 3 aliphatic rings. The molecule has 3 aliphatic heterocycles. The average Bonchev–Trinajstić information content (AvgIpc) is 3.01. The Balaban J connectivity index is 1.77. The van der Waals surface area contributed by atoms with E-state index in [1.165, 1.54) is 11.8 Å². The number of ketones is 1. The molecule has 0 aromatic carbocycles. The summed E-state index contributed by atoms with van der Waals surface area (Å²) in [6.07, 6.45) is 1.81. The lowest BCUT2D eigenvalue weighted by Crippen LogP contribution is -2.62. The molecule has 7 nitrogen and oxygen atoms in total. The number of nitrogens with zero attached hydrogens (tertiary/aromatic N) is 1. The van der Waals surface area contributed by atoms with Crippen molar-refractivity contribution in [2.75, 3.05) is 6.54 Å². The molecule has 6 atom stereocenters. The molecule has 2 saturated heterocycles. The first-order valence-electron chi connectivity index (χ1n) is 8.69. The van der Waals surface area contributed by atoms with Crippen LogP contribution in [0.1, 0.15) is 33.6 Å². The van der Waals surface area contributed by atoms with E-state index in [2.05, 4.69) is 5.32 Å². The summed E-state index contributed by atoms with van der Waals surface area (Å²) < 4.78 is 0. The van der Waals surface area contributed by atoms with E-state index in [-0.39, 0.29) is 40.6 Å². The number of carbonyl (C=O) groups is 3. The molecule has 4 N–H and O–H groups in total. The molecule has 0 radical (unpaired) electrons. The number of amides is 1. The van der Waals surface area contributed by atoms with Gasteiger partial charge in [-0.05, 0) is 26.7 Å². The molecule has 138 valence electrons. The summed E-state index contributed by atoms with van der Waals surface area (Å²) in [7, 11) is 0. The Kier molecular flexibility index (Phi) is 4.96. The van der Waals surface area contributed by atoms with Gasteiger partial charge in [-0.25, -0.2) is 4.79 Å². The largest absolute Gasteiger partial charge is 0.477 e. The van der Waals surface area contributed by atoms with Crippen LogP contribution < -0.4 is 11.1 Å². The van der Waals surface area contributed by atoms with E-state index >= 15 is 0 Å². The molecule has 3 heterocycles. The Morgan fingerprint density at radius 1 is 1.48 bits per heavy atom. The highest BCUT2D eigenvalue weighted by atomic mass is 32.2. The summed E-state index contributed by atoms with van der Waals surface area (Å²) in [4.78, 5) is 37.8. The summed E-state index contributed by atoms with van der Waals surface area (Å²) in [6.45, 7) is 6.09. The number of hydrogen-bond donors (Lipinski definition) is 3. The third-order valence-corrected chi connectivity index (χ3v) is 6.83. The molecule has 0 aromatic heterocycles. The Labute approximate surface area is 151 Å². The normalized spacial score (nSPS) is 35.6. The smallest absolute Gasteiger partial charge is 0.353 e. The third kappa shape index (κ3) is 3.11. The number of nitrogens with two attached hydrogens (primary N) is 1. The summed E-state index contributed by atoms with van der Waals surface area (Å²) in [5.74, 6) is -2.49. The van der Waals surface area contributed by atoms with Crippen molar-refractivity contribution in [1.29, 1.82) is 0 Å². The summed E-state index contributed by atoms with van der Waals surface area (Å²) in [5, 5.41) is 13.3.